The monoisotopic (exact) mass is 241 g/mol. The number of ether oxygens (including phenoxy) is 1. The number of rotatable bonds is 6. The highest BCUT2D eigenvalue weighted by atomic mass is 16.5. The number of urea groups is 1. The average Bonchev–Trinajstić information content (AvgIpc) is 3.01. The first-order valence-corrected chi connectivity index (χ1v) is 6.53. The van der Waals surface area contributed by atoms with E-state index in [1.165, 1.54) is 6.42 Å². The molecule has 17 heavy (non-hydrogen) atoms. The fraction of sp³-hybridized carbons (Fsp3) is 0.917. The summed E-state index contributed by atoms with van der Waals surface area (Å²) in [5, 5.41) is 5.90. The molecule has 0 aromatic rings. The predicted octanol–water partition coefficient (Wildman–Crippen LogP) is 0.416. The van der Waals surface area contributed by atoms with Crippen molar-refractivity contribution >= 4 is 6.03 Å². The molecule has 2 amide bonds. The maximum atomic E-state index is 11.4. The van der Waals surface area contributed by atoms with Gasteiger partial charge in [0.15, 0.2) is 0 Å². The SMILES string of the molecule is COCCN1CCC(CNC(=O)NC2CC2)C1. The Morgan fingerprint density at radius 1 is 1.41 bits per heavy atom. The summed E-state index contributed by atoms with van der Waals surface area (Å²) in [5.74, 6) is 0.594. The number of nitrogens with one attached hydrogen (secondary N) is 2. The van der Waals surface area contributed by atoms with Gasteiger partial charge in [-0.1, -0.05) is 0 Å². The number of hydrogen-bond donors (Lipinski definition) is 2. The van der Waals surface area contributed by atoms with Gasteiger partial charge in [-0.3, -0.25) is 0 Å². The normalized spacial score (nSPS) is 24.9. The number of nitrogens with zero attached hydrogens (tertiary/aromatic N) is 1. The molecule has 0 aromatic carbocycles. The van der Waals surface area contributed by atoms with Crippen LogP contribution in [0, 0.1) is 5.92 Å². The first-order valence-electron chi connectivity index (χ1n) is 6.53. The highest BCUT2D eigenvalue weighted by Crippen LogP contribution is 2.18. The van der Waals surface area contributed by atoms with E-state index in [1.54, 1.807) is 7.11 Å². The van der Waals surface area contributed by atoms with Crippen molar-refractivity contribution in [2.45, 2.75) is 25.3 Å². The van der Waals surface area contributed by atoms with Gasteiger partial charge in [-0.2, -0.15) is 0 Å². The maximum absolute atomic E-state index is 11.4. The van der Waals surface area contributed by atoms with Crippen molar-refractivity contribution in [3.63, 3.8) is 0 Å². The summed E-state index contributed by atoms with van der Waals surface area (Å²) in [4.78, 5) is 13.8. The van der Waals surface area contributed by atoms with E-state index in [0.717, 1.165) is 45.6 Å². The summed E-state index contributed by atoms with van der Waals surface area (Å²) in [7, 11) is 1.73. The molecule has 1 aliphatic heterocycles. The van der Waals surface area contributed by atoms with Crippen molar-refractivity contribution in [2.24, 2.45) is 5.92 Å². The molecule has 0 bridgehead atoms. The highest BCUT2D eigenvalue weighted by molar-refractivity contribution is 5.74. The Morgan fingerprint density at radius 3 is 2.94 bits per heavy atom. The van der Waals surface area contributed by atoms with Crippen LogP contribution < -0.4 is 10.6 Å². The number of carbonyl (C=O) groups excluding carboxylic acids is 1. The highest BCUT2D eigenvalue weighted by Gasteiger charge is 2.25. The fourth-order valence-electron chi connectivity index (χ4n) is 2.20. The van der Waals surface area contributed by atoms with Gasteiger partial charge in [0, 0.05) is 32.8 Å². The number of hydrogen-bond acceptors (Lipinski definition) is 3. The van der Waals surface area contributed by atoms with Crippen LogP contribution in [0.2, 0.25) is 0 Å². The summed E-state index contributed by atoms with van der Waals surface area (Å²) >= 11 is 0. The Hall–Kier alpha value is -0.810. The molecular weight excluding hydrogens is 218 g/mol. The Bertz CT molecular complexity index is 256. The number of amides is 2. The Morgan fingerprint density at radius 2 is 2.24 bits per heavy atom. The van der Waals surface area contributed by atoms with E-state index in [2.05, 4.69) is 15.5 Å². The molecule has 1 atom stereocenters. The standard InChI is InChI=1S/C12H23N3O2/c1-17-7-6-15-5-4-10(9-15)8-13-12(16)14-11-2-3-11/h10-11H,2-9H2,1H3,(H2,13,14,16). The van der Waals surface area contributed by atoms with E-state index in [-0.39, 0.29) is 6.03 Å². The summed E-state index contributed by atoms with van der Waals surface area (Å²) in [5.41, 5.74) is 0. The van der Waals surface area contributed by atoms with Crippen molar-refractivity contribution < 1.29 is 9.53 Å². The van der Waals surface area contributed by atoms with Crippen LogP contribution in [-0.2, 0) is 4.74 Å². The zero-order valence-corrected chi connectivity index (χ0v) is 10.6. The van der Waals surface area contributed by atoms with Crippen LogP contribution in [0.3, 0.4) is 0 Å². The van der Waals surface area contributed by atoms with Crippen LogP contribution in [0.4, 0.5) is 4.79 Å². The molecule has 2 rings (SSSR count). The average molecular weight is 241 g/mol. The van der Waals surface area contributed by atoms with Gasteiger partial charge < -0.3 is 20.3 Å². The minimum atomic E-state index is 0.00263. The Kier molecular flexibility index (Phi) is 4.62. The number of likely N-dealkylation sites (tertiary alicyclic amines) is 1. The lowest BCUT2D eigenvalue weighted by atomic mass is 10.1. The number of methoxy groups -OCH3 is 1. The molecular formula is C12H23N3O2. The van der Waals surface area contributed by atoms with E-state index in [4.69, 9.17) is 4.74 Å². The second-order valence-electron chi connectivity index (χ2n) is 5.08. The smallest absolute Gasteiger partial charge is 0.315 e. The minimum absolute atomic E-state index is 0.00263. The van der Waals surface area contributed by atoms with Crippen LogP contribution in [-0.4, -0.2) is 56.9 Å². The lowest BCUT2D eigenvalue weighted by molar-refractivity contribution is 0.159. The quantitative estimate of drug-likeness (QED) is 0.708. The van der Waals surface area contributed by atoms with E-state index in [1.807, 2.05) is 0 Å². The van der Waals surface area contributed by atoms with Crippen LogP contribution in [0.5, 0.6) is 0 Å². The van der Waals surface area contributed by atoms with Crippen molar-refractivity contribution in [2.75, 3.05) is 39.9 Å². The van der Waals surface area contributed by atoms with Crippen LogP contribution in [0.25, 0.3) is 0 Å². The molecule has 2 aliphatic rings. The molecule has 2 N–H and O–H groups in total. The topological polar surface area (TPSA) is 53.6 Å². The summed E-state index contributed by atoms with van der Waals surface area (Å²) in [6.07, 6.45) is 3.46. The third kappa shape index (κ3) is 4.52. The maximum Gasteiger partial charge on any atom is 0.315 e. The van der Waals surface area contributed by atoms with Crippen molar-refractivity contribution in [1.29, 1.82) is 0 Å². The van der Waals surface area contributed by atoms with Gasteiger partial charge in [-0.05, 0) is 31.7 Å². The third-order valence-corrected chi connectivity index (χ3v) is 3.45. The second-order valence-corrected chi connectivity index (χ2v) is 5.08. The van der Waals surface area contributed by atoms with Crippen molar-refractivity contribution in [3.05, 3.63) is 0 Å². The van der Waals surface area contributed by atoms with E-state index < -0.39 is 0 Å². The summed E-state index contributed by atoms with van der Waals surface area (Å²) < 4.78 is 5.07. The van der Waals surface area contributed by atoms with Gasteiger partial charge >= 0.3 is 6.03 Å². The van der Waals surface area contributed by atoms with Crippen molar-refractivity contribution in [1.82, 2.24) is 15.5 Å². The predicted molar refractivity (Wildman–Crippen MR) is 66.0 cm³/mol. The summed E-state index contributed by atoms with van der Waals surface area (Å²) in [6, 6.07) is 0.444. The molecule has 0 spiro atoms. The van der Waals surface area contributed by atoms with Crippen LogP contribution >= 0.6 is 0 Å². The molecule has 2 fully saturated rings. The summed E-state index contributed by atoms with van der Waals surface area (Å²) in [6.45, 7) is 4.79. The van der Waals surface area contributed by atoms with E-state index >= 15 is 0 Å². The molecule has 0 aromatic heterocycles. The largest absolute Gasteiger partial charge is 0.383 e. The van der Waals surface area contributed by atoms with E-state index in [9.17, 15) is 4.79 Å². The first-order chi connectivity index (χ1) is 8.28. The Labute approximate surface area is 103 Å². The number of carbonyl (C=O) groups is 1. The molecule has 1 saturated carbocycles. The first kappa shape index (κ1) is 12.6. The van der Waals surface area contributed by atoms with Gasteiger partial charge in [0.05, 0.1) is 6.61 Å². The van der Waals surface area contributed by atoms with Crippen LogP contribution in [0.1, 0.15) is 19.3 Å². The molecule has 1 saturated heterocycles. The van der Waals surface area contributed by atoms with Crippen molar-refractivity contribution in [3.8, 4) is 0 Å². The molecule has 0 radical (unpaired) electrons. The fourth-order valence-corrected chi connectivity index (χ4v) is 2.20. The molecule has 5 nitrogen and oxygen atoms in total. The van der Waals surface area contributed by atoms with Gasteiger partial charge in [0.1, 0.15) is 0 Å². The van der Waals surface area contributed by atoms with Gasteiger partial charge in [0.2, 0.25) is 0 Å². The third-order valence-electron chi connectivity index (χ3n) is 3.45. The lowest BCUT2D eigenvalue weighted by Crippen LogP contribution is -2.39. The molecule has 98 valence electrons. The zero-order valence-electron chi connectivity index (χ0n) is 10.6. The minimum Gasteiger partial charge on any atom is -0.383 e. The Balaban J connectivity index is 1.55. The van der Waals surface area contributed by atoms with Gasteiger partial charge in [-0.25, -0.2) is 4.79 Å². The lowest BCUT2D eigenvalue weighted by Gasteiger charge is -2.15. The molecule has 1 heterocycles. The molecule has 1 unspecified atom stereocenters. The van der Waals surface area contributed by atoms with E-state index in [0.29, 0.717) is 12.0 Å². The zero-order chi connectivity index (χ0) is 12.1. The van der Waals surface area contributed by atoms with Gasteiger partial charge in [0.25, 0.3) is 0 Å². The van der Waals surface area contributed by atoms with Gasteiger partial charge in [-0.15, -0.1) is 0 Å². The molecule has 5 heteroatoms. The molecule has 1 aliphatic carbocycles. The van der Waals surface area contributed by atoms with Crippen LogP contribution in [0.15, 0.2) is 0 Å². The second kappa shape index (κ2) is 6.21.